The van der Waals surface area contributed by atoms with Crippen LogP contribution in [0.5, 0.6) is 0 Å². The quantitative estimate of drug-likeness (QED) is 0.677. The lowest BCUT2D eigenvalue weighted by Gasteiger charge is -2.05. The molecule has 0 saturated heterocycles. The van der Waals surface area contributed by atoms with Crippen molar-refractivity contribution in [1.82, 2.24) is 9.55 Å². The van der Waals surface area contributed by atoms with Gasteiger partial charge >= 0.3 is 0 Å². The zero-order chi connectivity index (χ0) is 12.5. The van der Waals surface area contributed by atoms with E-state index < -0.39 is 0 Å². The number of furan rings is 1. The summed E-state index contributed by atoms with van der Waals surface area (Å²) in [6, 6.07) is 9.50. The van der Waals surface area contributed by atoms with Gasteiger partial charge in [-0.1, -0.05) is 17.7 Å². The number of hydrogen-bond donors (Lipinski definition) is 0. The standard InChI is InChI=1S/C13H10Cl2N2O/c14-7-12-16-13-10(15)4-1-5-11(13)17(12)8-9-3-2-6-18-9/h1-6H,7-8H2. The summed E-state index contributed by atoms with van der Waals surface area (Å²) in [5.41, 5.74) is 1.75. The molecule has 0 unspecified atom stereocenters. The number of rotatable bonds is 3. The Morgan fingerprint density at radius 1 is 1.22 bits per heavy atom. The van der Waals surface area contributed by atoms with E-state index in [0.717, 1.165) is 22.6 Å². The van der Waals surface area contributed by atoms with E-state index in [1.54, 1.807) is 6.26 Å². The van der Waals surface area contributed by atoms with Crippen LogP contribution in [-0.4, -0.2) is 9.55 Å². The fourth-order valence-electron chi connectivity index (χ4n) is 2.00. The second-order valence-electron chi connectivity index (χ2n) is 3.93. The smallest absolute Gasteiger partial charge is 0.125 e. The Balaban J connectivity index is 2.17. The Labute approximate surface area is 114 Å². The van der Waals surface area contributed by atoms with E-state index in [1.165, 1.54) is 0 Å². The summed E-state index contributed by atoms with van der Waals surface area (Å²) in [6.07, 6.45) is 1.65. The summed E-state index contributed by atoms with van der Waals surface area (Å²) in [5, 5.41) is 0.636. The predicted molar refractivity (Wildman–Crippen MR) is 72.1 cm³/mol. The van der Waals surface area contributed by atoms with Gasteiger partial charge < -0.3 is 8.98 Å². The third-order valence-electron chi connectivity index (χ3n) is 2.82. The minimum atomic E-state index is 0.339. The zero-order valence-corrected chi connectivity index (χ0v) is 10.9. The second-order valence-corrected chi connectivity index (χ2v) is 4.61. The number of fused-ring (bicyclic) bond motifs is 1. The lowest BCUT2D eigenvalue weighted by atomic mass is 10.3. The Morgan fingerprint density at radius 3 is 2.83 bits per heavy atom. The highest BCUT2D eigenvalue weighted by Crippen LogP contribution is 2.25. The Bertz CT molecular complexity index is 674. The second kappa shape index (κ2) is 4.67. The van der Waals surface area contributed by atoms with E-state index in [4.69, 9.17) is 27.6 Å². The van der Waals surface area contributed by atoms with Gasteiger partial charge in [-0.2, -0.15) is 0 Å². The molecule has 2 heterocycles. The van der Waals surface area contributed by atoms with E-state index in [-0.39, 0.29) is 0 Å². The highest BCUT2D eigenvalue weighted by molar-refractivity contribution is 6.35. The van der Waals surface area contributed by atoms with Gasteiger partial charge in [-0.3, -0.25) is 0 Å². The van der Waals surface area contributed by atoms with Crippen LogP contribution in [0.15, 0.2) is 41.0 Å². The van der Waals surface area contributed by atoms with E-state index in [0.29, 0.717) is 17.4 Å². The van der Waals surface area contributed by atoms with E-state index >= 15 is 0 Å². The molecule has 3 aromatic rings. The van der Waals surface area contributed by atoms with E-state index in [2.05, 4.69) is 4.98 Å². The minimum Gasteiger partial charge on any atom is -0.467 e. The Kier molecular flexibility index (Phi) is 3.02. The maximum absolute atomic E-state index is 6.14. The van der Waals surface area contributed by atoms with Crippen molar-refractivity contribution in [1.29, 1.82) is 0 Å². The third-order valence-corrected chi connectivity index (χ3v) is 3.37. The van der Waals surface area contributed by atoms with Crippen LogP contribution in [0.4, 0.5) is 0 Å². The number of aromatic nitrogens is 2. The summed E-state index contributed by atoms with van der Waals surface area (Å²) in [4.78, 5) is 4.47. The molecule has 0 aliphatic carbocycles. The first kappa shape index (κ1) is 11.6. The molecule has 0 atom stereocenters. The number of alkyl halides is 1. The van der Waals surface area contributed by atoms with Crippen LogP contribution in [0.2, 0.25) is 5.02 Å². The molecule has 2 aromatic heterocycles. The van der Waals surface area contributed by atoms with Gasteiger partial charge in [-0.25, -0.2) is 4.98 Å². The number of halogens is 2. The first-order valence-corrected chi connectivity index (χ1v) is 6.43. The van der Waals surface area contributed by atoms with Gasteiger partial charge in [0.2, 0.25) is 0 Å². The SMILES string of the molecule is ClCc1nc2c(Cl)cccc2n1Cc1ccco1. The molecule has 92 valence electrons. The summed E-state index contributed by atoms with van der Waals surface area (Å²) in [7, 11) is 0. The average molecular weight is 281 g/mol. The van der Waals surface area contributed by atoms with E-state index in [9.17, 15) is 0 Å². The maximum Gasteiger partial charge on any atom is 0.125 e. The molecule has 0 radical (unpaired) electrons. The molecule has 0 spiro atoms. The van der Waals surface area contributed by atoms with Crippen molar-refractivity contribution in [2.75, 3.05) is 0 Å². The fourth-order valence-corrected chi connectivity index (χ4v) is 2.41. The van der Waals surface area contributed by atoms with Crippen LogP contribution >= 0.6 is 23.2 Å². The van der Waals surface area contributed by atoms with Gasteiger partial charge in [0.1, 0.15) is 17.1 Å². The van der Waals surface area contributed by atoms with Crippen LogP contribution in [0.25, 0.3) is 11.0 Å². The van der Waals surface area contributed by atoms with Crippen molar-refractivity contribution in [2.45, 2.75) is 12.4 Å². The average Bonchev–Trinajstić information content (AvgIpc) is 2.99. The zero-order valence-electron chi connectivity index (χ0n) is 9.44. The van der Waals surface area contributed by atoms with Crippen LogP contribution in [0, 0.1) is 0 Å². The van der Waals surface area contributed by atoms with Gasteiger partial charge in [0.05, 0.1) is 29.2 Å². The number of para-hydroxylation sites is 1. The van der Waals surface area contributed by atoms with Crippen LogP contribution < -0.4 is 0 Å². The van der Waals surface area contributed by atoms with Gasteiger partial charge in [-0.15, -0.1) is 11.6 Å². The molecule has 0 amide bonds. The number of imidazole rings is 1. The van der Waals surface area contributed by atoms with E-state index in [1.807, 2.05) is 34.9 Å². The van der Waals surface area contributed by atoms with Crippen LogP contribution in [-0.2, 0) is 12.4 Å². The molecule has 5 heteroatoms. The molecule has 1 aromatic carbocycles. The lowest BCUT2D eigenvalue weighted by Crippen LogP contribution is -2.02. The normalized spacial score (nSPS) is 11.2. The summed E-state index contributed by atoms with van der Waals surface area (Å²) >= 11 is 12.1. The third kappa shape index (κ3) is 1.89. The molecule has 3 rings (SSSR count). The topological polar surface area (TPSA) is 31.0 Å². The summed E-state index contributed by atoms with van der Waals surface area (Å²) < 4.78 is 7.38. The first-order valence-electron chi connectivity index (χ1n) is 5.51. The minimum absolute atomic E-state index is 0.339. The van der Waals surface area contributed by atoms with Crippen molar-refractivity contribution >= 4 is 34.2 Å². The Morgan fingerprint density at radius 2 is 2.11 bits per heavy atom. The molecular formula is C13H10Cl2N2O. The summed E-state index contributed by atoms with van der Waals surface area (Å²) in [5.74, 6) is 1.99. The predicted octanol–water partition coefficient (Wildman–Crippen LogP) is 4.07. The molecule has 0 bridgehead atoms. The van der Waals surface area contributed by atoms with Gasteiger partial charge in [0, 0.05) is 0 Å². The van der Waals surface area contributed by atoms with Gasteiger partial charge in [0.15, 0.2) is 0 Å². The van der Waals surface area contributed by atoms with Crippen molar-refractivity contribution in [3.05, 3.63) is 53.2 Å². The number of nitrogens with zero attached hydrogens (tertiary/aromatic N) is 2. The first-order chi connectivity index (χ1) is 8.79. The Hall–Kier alpha value is -1.45. The van der Waals surface area contributed by atoms with Crippen LogP contribution in [0.3, 0.4) is 0 Å². The lowest BCUT2D eigenvalue weighted by molar-refractivity contribution is 0.493. The van der Waals surface area contributed by atoms with Gasteiger partial charge in [0.25, 0.3) is 0 Å². The van der Waals surface area contributed by atoms with Crippen molar-refractivity contribution in [2.24, 2.45) is 0 Å². The molecule has 0 aliphatic rings. The van der Waals surface area contributed by atoms with Crippen molar-refractivity contribution < 1.29 is 4.42 Å². The number of benzene rings is 1. The summed E-state index contributed by atoms with van der Waals surface area (Å²) in [6.45, 7) is 0.603. The molecular weight excluding hydrogens is 271 g/mol. The van der Waals surface area contributed by atoms with Crippen molar-refractivity contribution in [3.63, 3.8) is 0 Å². The molecule has 0 saturated carbocycles. The molecule has 0 N–H and O–H groups in total. The molecule has 0 aliphatic heterocycles. The highest BCUT2D eigenvalue weighted by atomic mass is 35.5. The fraction of sp³-hybridized carbons (Fsp3) is 0.154. The largest absolute Gasteiger partial charge is 0.467 e. The maximum atomic E-state index is 6.14. The monoisotopic (exact) mass is 280 g/mol. The van der Waals surface area contributed by atoms with Gasteiger partial charge in [-0.05, 0) is 24.3 Å². The number of hydrogen-bond acceptors (Lipinski definition) is 2. The molecule has 0 fully saturated rings. The van der Waals surface area contributed by atoms with Crippen molar-refractivity contribution in [3.8, 4) is 0 Å². The molecule has 3 nitrogen and oxygen atoms in total. The van der Waals surface area contributed by atoms with Crippen LogP contribution in [0.1, 0.15) is 11.6 Å². The molecule has 18 heavy (non-hydrogen) atoms. The highest BCUT2D eigenvalue weighted by Gasteiger charge is 2.13.